The molecule has 3 heterocycles. The number of benzene rings is 2. The fraction of sp³-hybridized carbons (Fsp3) is 0.452. The minimum absolute atomic E-state index is 0.111. The van der Waals surface area contributed by atoms with Gasteiger partial charge in [-0.2, -0.15) is 0 Å². The van der Waals surface area contributed by atoms with Gasteiger partial charge in [0.25, 0.3) is 5.91 Å². The van der Waals surface area contributed by atoms with E-state index in [1.54, 1.807) is 31.4 Å². The predicted molar refractivity (Wildman–Crippen MR) is 158 cm³/mol. The Bertz CT molecular complexity index is 1390. The van der Waals surface area contributed by atoms with E-state index in [1.165, 1.54) is 0 Å². The number of carbonyl (C=O) groups excluding carboxylic acids is 3. The molecule has 2 amide bonds. The number of hydrogen-bond donors (Lipinski definition) is 2. The van der Waals surface area contributed by atoms with Gasteiger partial charge in [0.2, 0.25) is 5.91 Å². The van der Waals surface area contributed by atoms with Gasteiger partial charge in [-0.25, -0.2) is 0 Å². The average Bonchev–Trinajstić information content (AvgIpc) is 3.32. The first-order chi connectivity index (χ1) is 20.4. The van der Waals surface area contributed by atoms with E-state index in [1.807, 2.05) is 30.0 Å². The van der Waals surface area contributed by atoms with Crippen molar-refractivity contribution in [2.75, 3.05) is 79.2 Å². The standard InChI is InChI=1S/C31H39N5O6/c1-22-26(27-19-25(40-2)7-8-28(27)33-22)20-30(38)42-24-5-3-23(4-6-24)31(39)32-9-10-34-11-13-35(14-12-34)21-29(37)36-15-17-41-18-16-36/h3-8,19,33H,9-18,20-21H2,1-2H3,(H,32,39). The molecule has 2 N–H and O–H groups in total. The van der Waals surface area contributed by atoms with E-state index in [0.29, 0.717) is 50.7 Å². The largest absolute Gasteiger partial charge is 0.497 e. The fourth-order valence-corrected chi connectivity index (χ4v) is 5.41. The van der Waals surface area contributed by atoms with Crippen molar-refractivity contribution >= 4 is 28.7 Å². The fourth-order valence-electron chi connectivity index (χ4n) is 5.41. The van der Waals surface area contributed by atoms with Crippen LogP contribution in [0.1, 0.15) is 21.6 Å². The molecule has 1 aromatic heterocycles. The third kappa shape index (κ3) is 7.47. The molecule has 224 valence electrons. The van der Waals surface area contributed by atoms with Crippen molar-refractivity contribution in [3.05, 3.63) is 59.3 Å². The van der Waals surface area contributed by atoms with Crippen molar-refractivity contribution in [2.24, 2.45) is 0 Å². The van der Waals surface area contributed by atoms with Crippen LogP contribution in [0.4, 0.5) is 0 Å². The summed E-state index contributed by atoms with van der Waals surface area (Å²) in [5.41, 5.74) is 3.21. The van der Waals surface area contributed by atoms with Gasteiger partial charge < -0.3 is 29.4 Å². The number of aryl methyl sites for hydroxylation is 1. The second-order valence-electron chi connectivity index (χ2n) is 10.7. The van der Waals surface area contributed by atoms with Gasteiger partial charge in [0.15, 0.2) is 0 Å². The molecule has 0 unspecified atom stereocenters. The molecule has 11 nitrogen and oxygen atoms in total. The van der Waals surface area contributed by atoms with Crippen molar-refractivity contribution in [1.29, 1.82) is 0 Å². The molecular formula is C31H39N5O6. The number of piperazine rings is 1. The summed E-state index contributed by atoms with van der Waals surface area (Å²) in [5.74, 6) is 0.720. The predicted octanol–water partition coefficient (Wildman–Crippen LogP) is 1.84. The van der Waals surface area contributed by atoms with Gasteiger partial charge in [0, 0.05) is 74.5 Å². The van der Waals surface area contributed by atoms with Crippen LogP contribution in [0.2, 0.25) is 0 Å². The highest BCUT2D eigenvalue weighted by Gasteiger charge is 2.23. The molecular weight excluding hydrogens is 538 g/mol. The molecule has 2 fully saturated rings. The molecule has 5 rings (SSSR count). The Balaban J connectivity index is 1.03. The van der Waals surface area contributed by atoms with E-state index in [0.717, 1.165) is 60.6 Å². The lowest BCUT2D eigenvalue weighted by molar-refractivity contribution is -0.137. The van der Waals surface area contributed by atoms with E-state index in [-0.39, 0.29) is 24.2 Å². The van der Waals surface area contributed by atoms with E-state index in [2.05, 4.69) is 20.1 Å². The maximum Gasteiger partial charge on any atom is 0.315 e. The van der Waals surface area contributed by atoms with E-state index in [4.69, 9.17) is 14.2 Å². The monoisotopic (exact) mass is 577 g/mol. The number of ether oxygens (including phenoxy) is 3. The van der Waals surface area contributed by atoms with Gasteiger partial charge in [-0.1, -0.05) is 0 Å². The summed E-state index contributed by atoms with van der Waals surface area (Å²) >= 11 is 0. The van der Waals surface area contributed by atoms with Crippen molar-refractivity contribution < 1.29 is 28.6 Å². The second-order valence-corrected chi connectivity index (χ2v) is 10.7. The van der Waals surface area contributed by atoms with Crippen LogP contribution < -0.4 is 14.8 Å². The Labute approximate surface area is 245 Å². The first-order valence-electron chi connectivity index (χ1n) is 14.4. The summed E-state index contributed by atoms with van der Waals surface area (Å²) in [6, 6.07) is 12.3. The number of nitrogens with one attached hydrogen (secondary N) is 2. The van der Waals surface area contributed by atoms with Gasteiger partial charge in [-0.05, 0) is 55.0 Å². The molecule has 2 aromatic carbocycles. The summed E-state index contributed by atoms with van der Waals surface area (Å²) in [6.45, 7) is 9.61. The number of nitrogens with zero attached hydrogens (tertiary/aromatic N) is 3. The van der Waals surface area contributed by atoms with Crippen LogP contribution >= 0.6 is 0 Å². The van der Waals surface area contributed by atoms with Crippen LogP contribution in [0.25, 0.3) is 10.9 Å². The quantitative estimate of drug-likeness (QED) is 0.277. The Morgan fingerprint density at radius 2 is 1.62 bits per heavy atom. The lowest BCUT2D eigenvalue weighted by Crippen LogP contribution is -2.52. The third-order valence-corrected chi connectivity index (χ3v) is 7.90. The molecule has 0 radical (unpaired) electrons. The number of amides is 2. The molecule has 2 saturated heterocycles. The maximum absolute atomic E-state index is 12.7. The molecule has 0 saturated carbocycles. The summed E-state index contributed by atoms with van der Waals surface area (Å²) < 4.78 is 16.2. The molecule has 0 atom stereocenters. The molecule has 0 bridgehead atoms. The highest BCUT2D eigenvalue weighted by Crippen LogP contribution is 2.27. The van der Waals surface area contributed by atoms with Crippen molar-refractivity contribution in [2.45, 2.75) is 13.3 Å². The van der Waals surface area contributed by atoms with E-state index < -0.39 is 0 Å². The topological polar surface area (TPSA) is 116 Å². The normalized spacial score (nSPS) is 16.4. The van der Waals surface area contributed by atoms with Crippen LogP contribution in [-0.4, -0.2) is 117 Å². The molecule has 42 heavy (non-hydrogen) atoms. The molecule has 0 spiro atoms. The van der Waals surface area contributed by atoms with Crippen molar-refractivity contribution in [1.82, 2.24) is 25.0 Å². The third-order valence-electron chi connectivity index (χ3n) is 7.90. The Kier molecular flexibility index (Phi) is 9.73. The van der Waals surface area contributed by atoms with Crippen LogP contribution in [0.15, 0.2) is 42.5 Å². The lowest BCUT2D eigenvalue weighted by Gasteiger charge is -2.36. The van der Waals surface area contributed by atoms with E-state index in [9.17, 15) is 14.4 Å². The Morgan fingerprint density at radius 1 is 0.929 bits per heavy atom. The van der Waals surface area contributed by atoms with Gasteiger partial charge in [-0.15, -0.1) is 0 Å². The number of carbonyl (C=O) groups is 3. The first-order valence-corrected chi connectivity index (χ1v) is 14.4. The summed E-state index contributed by atoms with van der Waals surface area (Å²) in [6.07, 6.45) is 0.111. The smallest absolute Gasteiger partial charge is 0.315 e. The maximum atomic E-state index is 12.7. The van der Waals surface area contributed by atoms with Gasteiger partial charge in [-0.3, -0.25) is 24.2 Å². The summed E-state index contributed by atoms with van der Waals surface area (Å²) in [4.78, 5) is 47.5. The van der Waals surface area contributed by atoms with Gasteiger partial charge >= 0.3 is 5.97 Å². The number of hydrogen-bond acceptors (Lipinski definition) is 8. The molecule has 11 heteroatoms. The molecule has 2 aliphatic rings. The van der Waals surface area contributed by atoms with Gasteiger partial charge in [0.1, 0.15) is 11.5 Å². The average molecular weight is 578 g/mol. The van der Waals surface area contributed by atoms with Crippen LogP contribution in [-0.2, 0) is 20.7 Å². The van der Waals surface area contributed by atoms with Crippen LogP contribution in [0.3, 0.4) is 0 Å². The summed E-state index contributed by atoms with van der Waals surface area (Å²) in [7, 11) is 1.61. The zero-order valence-corrected chi connectivity index (χ0v) is 24.3. The Hall–Kier alpha value is -3.93. The Morgan fingerprint density at radius 3 is 2.33 bits per heavy atom. The summed E-state index contributed by atoms with van der Waals surface area (Å²) in [5, 5.41) is 3.89. The number of aromatic nitrogens is 1. The number of fused-ring (bicyclic) bond motifs is 1. The lowest BCUT2D eigenvalue weighted by atomic mass is 10.1. The van der Waals surface area contributed by atoms with Gasteiger partial charge in [0.05, 0.1) is 33.3 Å². The number of methoxy groups -OCH3 is 1. The van der Waals surface area contributed by atoms with Crippen molar-refractivity contribution in [3.8, 4) is 11.5 Å². The first kappa shape index (κ1) is 29.6. The molecule has 3 aromatic rings. The number of morpholine rings is 1. The zero-order chi connectivity index (χ0) is 29.5. The SMILES string of the molecule is COc1ccc2[nH]c(C)c(CC(=O)Oc3ccc(C(=O)NCCN4CCN(CC(=O)N5CCOCC5)CC4)cc3)c2c1. The van der Waals surface area contributed by atoms with E-state index >= 15 is 0 Å². The zero-order valence-electron chi connectivity index (χ0n) is 24.3. The van der Waals surface area contributed by atoms with Crippen LogP contribution in [0, 0.1) is 6.92 Å². The number of esters is 1. The highest BCUT2D eigenvalue weighted by atomic mass is 16.5. The minimum atomic E-state index is -0.385. The second kappa shape index (κ2) is 13.8. The number of H-pyrrole nitrogens is 1. The molecule has 0 aliphatic carbocycles. The van der Waals surface area contributed by atoms with Crippen molar-refractivity contribution in [3.63, 3.8) is 0 Å². The van der Waals surface area contributed by atoms with Crippen LogP contribution in [0.5, 0.6) is 11.5 Å². The number of aromatic amines is 1. The minimum Gasteiger partial charge on any atom is -0.497 e. The molecule has 2 aliphatic heterocycles. The highest BCUT2D eigenvalue weighted by molar-refractivity contribution is 5.94. The number of rotatable bonds is 10.